The van der Waals surface area contributed by atoms with Gasteiger partial charge in [-0.15, -0.1) is 12.4 Å². The molecule has 10 heteroatoms. The van der Waals surface area contributed by atoms with Crippen molar-refractivity contribution in [3.8, 4) is 0 Å². The number of aryl methyl sites for hydroxylation is 1. The highest BCUT2D eigenvalue weighted by Gasteiger charge is 2.42. The minimum absolute atomic E-state index is 0. The highest BCUT2D eigenvalue weighted by Crippen LogP contribution is 2.33. The Labute approximate surface area is 118 Å². The molecule has 1 unspecified atom stereocenters. The van der Waals surface area contributed by atoms with E-state index >= 15 is 0 Å². The predicted molar refractivity (Wildman–Crippen MR) is 63.7 cm³/mol. The summed E-state index contributed by atoms with van der Waals surface area (Å²) in [6, 6.07) is -0.608. The van der Waals surface area contributed by atoms with Crippen molar-refractivity contribution in [1.82, 2.24) is 25.6 Å². The van der Waals surface area contributed by atoms with Crippen molar-refractivity contribution in [3.63, 3.8) is 0 Å². The molecule has 7 nitrogen and oxygen atoms in total. The van der Waals surface area contributed by atoms with Gasteiger partial charge in [-0.3, -0.25) is 5.32 Å². The molecule has 0 bridgehead atoms. The molecule has 0 aliphatic carbocycles. The molecular weight excluding hydrogens is 296 g/mol. The van der Waals surface area contributed by atoms with Gasteiger partial charge in [0.15, 0.2) is 11.6 Å². The van der Waals surface area contributed by atoms with Crippen LogP contribution in [-0.2, 0) is 6.42 Å². The highest BCUT2D eigenvalue weighted by atomic mass is 35.5. The number of rotatable bonds is 3. The molecule has 3 heterocycles. The van der Waals surface area contributed by atoms with Crippen LogP contribution in [0.25, 0.3) is 0 Å². The quantitative estimate of drug-likeness (QED) is 0.917. The van der Waals surface area contributed by atoms with Crippen LogP contribution in [-0.4, -0.2) is 32.7 Å². The van der Waals surface area contributed by atoms with Gasteiger partial charge in [0.25, 0.3) is 5.92 Å². The van der Waals surface area contributed by atoms with Crippen molar-refractivity contribution in [1.29, 1.82) is 0 Å². The standard InChI is InChI=1S/C10H11F2N5O2.ClH/c1-5-14-7(16-18-5)2-8-15-9(19-17-8)6-3-10(11,12)4-13-6;/h6,13H,2-4H2,1H3;1H. The third-order valence-corrected chi connectivity index (χ3v) is 2.78. The van der Waals surface area contributed by atoms with Crippen LogP contribution in [0.1, 0.15) is 35.9 Å². The van der Waals surface area contributed by atoms with E-state index in [1.807, 2.05) is 0 Å². The lowest BCUT2D eigenvalue weighted by molar-refractivity contribution is 0.0200. The Kier molecular flexibility index (Phi) is 4.00. The Morgan fingerprint density at radius 2 is 1.95 bits per heavy atom. The maximum Gasteiger partial charge on any atom is 0.262 e. The third kappa shape index (κ3) is 3.10. The van der Waals surface area contributed by atoms with E-state index in [-0.39, 0.29) is 37.7 Å². The van der Waals surface area contributed by atoms with Crippen LogP contribution in [0.5, 0.6) is 0 Å². The van der Waals surface area contributed by atoms with E-state index in [0.29, 0.717) is 17.5 Å². The number of alkyl halides is 2. The number of nitrogens with zero attached hydrogens (tertiary/aromatic N) is 4. The van der Waals surface area contributed by atoms with Crippen LogP contribution in [0.15, 0.2) is 9.05 Å². The van der Waals surface area contributed by atoms with Gasteiger partial charge in [-0.1, -0.05) is 10.3 Å². The minimum Gasteiger partial charge on any atom is -0.340 e. The number of nitrogens with one attached hydrogen (secondary N) is 1. The Morgan fingerprint density at radius 3 is 2.55 bits per heavy atom. The van der Waals surface area contributed by atoms with Gasteiger partial charge in [0, 0.05) is 13.3 Å². The molecule has 0 spiro atoms. The van der Waals surface area contributed by atoms with Crippen LogP contribution >= 0.6 is 12.4 Å². The van der Waals surface area contributed by atoms with Crippen LogP contribution in [0.4, 0.5) is 8.78 Å². The average molecular weight is 308 g/mol. The summed E-state index contributed by atoms with van der Waals surface area (Å²) in [7, 11) is 0. The SMILES string of the molecule is Cc1nc(Cc2noc(C3CC(F)(F)CN3)n2)no1.Cl. The van der Waals surface area contributed by atoms with Gasteiger partial charge in [0.1, 0.15) is 0 Å². The Balaban J connectivity index is 0.00000147. The van der Waals surface area contributed by atoms with Crippen molar-refractivity contribution in [3.05, 3.63) is 23.4 Å². The molecule has 0 saturated carbocycles. The zero-order valence-corrected chi connectivity index (χ0v) is 11.3. The minimum atomic E-state index is -2.73. The molecule has 2 aromatic heterocycles. The number of hydrogen-bond acceptors (Lipinski definition) is 7. The summed E-state index contributed by atoms with van der Waals surface area (Å²) in [5.74, 6) is -1.37. The molecule has 110 valence electrons. The lowest BCUT2D eigenvalue weighted by Gasteiger charge is -2.04. The van der Waals surface area contributed by atoms with Crippen molar-refractivity contribution >= 4 is 12.4 Å². The smallest absolute Gasteiger partial charge is 0.262 e. The maximum atomic E-state index is 13.1. The fraction of sp³-hybridized carbons (Fsp3) is 0.600. The molecule has 1 N–H and O–H groups in total. The van der Waals surface area contributed by atoms with Gasteiger partial charge in [-0.25, -0.2) is 8.78 Å². The molecule has 1 atom stereocenters. The molecule has 20 heavy (non-hydrogen) atoms. The van der Waals surface area contributed by atoms with Gasteiger partial charge in [-0.2, -0.15) is 9.97 Å². The molecule has 1 saturated heterocycles. The zero-order chi connectivity index (χ0) is 13.5. The van der Waals surface area contributed by atoms with Gasteiger partial charge >= 0.3 is 0 Å². The second-order valence-electron chi connectivity index (χ2n) is 4.45. The van der Waals surface area contributed by atoms with Crippen molar-refractivity contribution < 1.29 is 17.8 Å². The molecule has 3 rings (SSSR count). The van der Waals surface area contributed by atoms with E-state index in [0.717, 1.165) is 0 Å². The van der Waals surface area contributed by atoms with E-state index in [1.165, 1.54) is 0 Å². The summed E-state index contributed by atoms with van der Waals surface area (Å²) in [5, 5.41) is 10.1. The summed E-state index contributed by atoms with van der Waals surface area (Å²) in [6.45, 7) is 1.29. The zero-order valence-electron chi connectivity index (χ0n) is 10.5. The molecule has 1 aliphatic heterocycles. The monoisotopic (exact) mass is 307 g/mol. The van der Waals surface area contributed by atoms with Crippen molar-refractivity contribution in [2.75, 3.05) is 6.54 Å². The molecule has 1 aliphatic rings. The fourth-order valence-corrected chi connectivity index (χ4v) is 1.93. The average Bonchev–Trinajstić information content (AvgIpc) is 3.01. The Hall–Kier alpha value is -1.61. The topological polar surface area (TPSA) is 89.9 Å². The summed E-state index contributed by atoms with van der Waals surface area (Å²) in [4.78, 5) is 8.07. The number of aromatic nitrogens is 4. The first-order valence-electron chi connectivity index (χ1n) is 5.75. The van der Waals surface area contributed by atoms with Crippen LogP contribution in [0.3, 0.4) is 0 Å². The van der Waals surface area contributed by atoms with Crippen LogP contribution in [0, 0.1) is 6.92 Å². The summed E-state index contributed by atoms with van der Waals surface area (Å²) < 4.78 is 35.9. The van der Waals surface area contributed by atoms with E-state index in [9.17, 15) is 8.78 Å². The Morgan fingerprint density at radius 1 is 1.25 bits per heavy atom. The molecule has 0 radical (unpaired) electrons. The number of halogens is 3. The summed E-state index contributed by atoms with van der Waals surface area (Å²) in [5.41, 5.74) is 0. The molecule has 2 aromatic rings. The fourth-order valence-electron chi connectivity index (χ4n) is 1.93. The van der Waals surface area contributed by atoms with Crippen molar-refractivity contribution in [2.24, 2.45) is 0 Å². The van der Waals surface area contributed by atoms with Crippen molar-refractivity contribution in [2.45, 2.75) is 31.7 Å². The first-order valence-corrected chi connectivity index (χ1v) is 5.75. The summed E-state index contributed by atoms with van der Waals surface area (Å²) >= 11 is 0. The third-order valence-electron chi connectivity index (χ3n) is 2.78. The lowest BCUT2D eigenvalue weighted by atomic mass is 10.2. The van der Waals surface area contributed by atoms with Gasteiger partial charge in [0.2, 0.25) is 11.8 Å². The van der Waals surface area contributed by atoms with Gasteiger partial charge < -0.3 is 9.05 Å². The largest absolute Gasteiger partial charge is 0.340 e. The van der Waals surface area contributed by atoms with Gasteiger partial charge in [0.05, 0.1) is 19.0 Å². The van der Waals surface area contributed by atoms with E-state index in [1.54, 1.807) is 6.92 Å². The van der Waals surface area contributed by atoms with Crippen LogP contribution in [0.2, 0.25) is 0 Å². The second kappa shape index (κ2) is 5.41. The molecule has 0 amide bonds. The van der Waals surface area contributed by atoms with E-state index in [4.69, 9.17) is 9.05 Å². The molecule has 1 fully saturated rings. The Bertz CT molecular complexity index is 588. The first kappa shape index (κ1) is 14.8. The van der Waals surface area contributed by atoms with Gasteiger partial charge in [-0.05, 0) is 0 Å². The summed E-state index contributed by atoms with van der Waals surface area (Å²) in [6.07, 6.45) is -0.0973. The van der Waals surface area contributed by atoms with E-state index in [2.05, 4.69) is 25.6 Å². The maximum absolute atomic E-state index is 13.1. The first-order chi connectivity index (χ1) is 9.02. The van der Waals surface area contributed by atoms with E-state index < -0.39 is 12.0 Å². The lowest BCUT2D eigenvalue weighted by Crippen LogP contribution is -2.19. The van der Waals surface area contributed by atoms with Crippen LogP contribution < -0.4 is 5.32 Å². The highest BCUT2D eigenvalue weighted by molar-refractivity contribution is 5.85. The molecular formula is C10H12ClF2N5O2. The second-order valence-corrected chi connectivity index (χ2v) is 4.45. The molecule has 0 aromatic carbocycles. The predicted octanol–water partition coefficient (Wildman–Crippen LogP) is 1.44. The number of hydrogen-bond donors (Lipinski definition) is 1. The normalized spacial score (nSPS) is 20.9.